The molecule has 0 N–H and O–H groups in total. The summed E-state index contributed by atoms with van der Waals surface area (Å²) in [4.78, 5) is -0.190. The van der Waals surface area contributed by atoms with E-state index in [0.29, 0.717) is 11.8 Å². The molecule has 2 atom stereocenters. The normalized spacial score (nSPS) is 26.8. The Bertz CT molecular complexity index is 830. The standard InChI is InChI=1S/C22H17Cl/c23-22(14-15-8-2-1-3-9-15)20-18-12-6-4-10-16(18)17-11-5-7-13-19(17)21(20)22/h1-13,20-21H,14H2. The molecule has 2 aliphatic carbocycles. The Hall–Kier alpha value is -2.05. The van der Waals surface area contributed by atoms with Gasteiger partial charge >= 0.3 is 0 Å². The first-order chi connectivity index (χ1) is 11.3. The molecule has 2 unspecified atom stereocenters. The molecule has 0 heterocycles. The van der Waals surface area contributed by atoms with Gasteiger partial charge in [0.2, 0.25) is 0 Å². The molecule has 0 aliphatic heterocycles. The van der Waals surface area contributed by atoms with E-state index in [1.807, 2.05) is 0 Å². The van der Waals surface area contributed by atoms with Gasteiger partial charge in [0.15, 0.2) is 0 Å². The van der Waals surface area contributed by atoms with E-state index in [1.54, 1.807) is 0 Å². The van der Waals surface area contributed by atoms with Gasteiger partial charge in [-0.05, 0) is 34.2 Å². The molecule has 112 valence electrons. The molecule has 2 aliphatic rings. The summed E-state index contributed by atoms with van der Waals surface area (Å²) < 4.78 is 0. The van der Waals surface area contributed by atoms with Gasteiger partial charge < -0.3 is 0 Å². The van der Waals surface area contributed by atoms with Gasteiger partial charge in [0.1, 0.15) is 0 Å². The average molecular weight is 317 g/mol. The van der Waals surface area contributed by atoms with Crippen molar-refractivity contribution in [1.29, 1.82) is 0 Å². The number of rotatable bonds is 2. The lowest BCUT2D eigenvalue weighted by atomic mass is 9.86. The third-order valence-electron chi connectivity index (χ3n) is 5.46. The van der Waals surface area contributed by atoms with Crippen LogP contribution in [0.15, 0.2) is 78.9 Å². The van der Waals surface area contributed by atoms with E-state index in [1.165, 1.54) is 27.8 Å². The predicted molar refractivity (Wildman–Crippen MR) is 96.1 cm³/mol. The van der Waals surface area contributed by atoms with Crippen molar-refractivity contribution in [3.05, 3.63) is 95.6 Å². The second kappa shape index (κ2) is 4.72. The summed E-state index contributed by atoms with van der Waals surface area (Å²) in [6.07, 6.45) is 0.924. The fraction of sp³-hybridized carbons (Fsp3) is 0.182. The molecule has 0 aromatic heterocycles. The van der Waals surface area contributed by atoms with Crippen molar-refractivity contribution >= 4 is 11.6 Å². The molecule has 0 bridgehead atoms. The number of fused-ring (bicyclic) bond motifs is 6. The minimum absolute atomic E-state index is 0.190. The van der Waals surface area contributed by atoms with Gasteiger partial charge in [-0.3, -0.25) is 0 Å². The summed E-state index contributed by atoms with van der Waals surface area (Å²) in [7, 11) is 0. The molecule has 0 radical (unpaired) electrons. The highest BCUT2D eigenvalue weighted by Crippen LogP contribution is 2.73. The van der Waals surface area contributed by atoms with E-state index in [0.717, 1.165) is 6.42 Å². The van der Waals surface area contributed by atoms with E-state index in [9.17, 15) is 0 Å². The first-order valence-electron chi connectivity index (χ1n) is 8.20. The summed E-state index contributed by atoms with van der Waals surface area (Å²) in [6.45, 7) is 0. The van der Waals surface area contributed by atoms with Crippen molar-refractivity contribution in [2.24, 2.45) is 0 Å². The Balaban J connectivity index is 1.65. The third-order valence-corrected chi connectivity index (χ3v) is 6.06. The fourth-order valence-corrected chi connectivity index (χ4v) is 5.02. The van der Waals surface area contributed by atoms with Crippen LogP contribution in [0.3, 0.4) is 0 Å². The van der Waals surface area contributed by atoms with Crippen molar-refractivity contribution < 1.29 is 0 Å². The fourth-order valence-electron chi connectivity index (χ4n) is 4.44. The average Bonchev–Trinajstić information content (AvgIpc) is 3.22. The first kappa shape index (κ1) is 13.4. The van der Waals surface area contributed by atoms with Crippen LogP contribution >= 0.6 is 11.6 Å². The molecule has 3 aromatic rings. The molecule has 23 heavy (non-hydrogen) atoms. The molecule has 1 fully saturated rings. The summed E-state index contributed by atoms with van der Waals surface area (Å²) in [5.41, 5.74) is 6.89. The molecule has 3 aromatic carbocycles. The first-order valence-corrected chi connectivity index (χ1v) is 8.58. The monoisotopic (exact) mass is 316 g/mol. The van der Waals surface area contributed by atoms with Crippen LogP contribution in [0.1, 0.15) is 28.5 Å². The highest BCUT2D eigenvalue weighted by molar-refractivity contribution is 6.28. The quantitative estimate of drug-likeness (QED) is 0.527. The van der Waals surface area contributed by atoms with Gasteiger partial charge in [0.25, 0.3) is 0 Å². The SMILES string of the molecule is ClC1(Cc2ccccc2)C2c3ccccc3-c3ccccc3C21. The van der Waals surface area contributed by atoms with Crippen molar-refractivity contribution in [3.63, 3.8) is 0 Å². The van der Waals surface area contributed by atoms with Crippen LogP contribution < -0.4 is 0 Å². The highest BCUT2D eigenvalue weighted by Gasteiger charge is 2.66. The Morgan fingerprint density at radius 3 is 1.70 bits per heavy atom. The second-order valence-electron chi connectivity index (χ2n) is 6.72. The maximum Gasteiger partial charge on any atom is 0.0636 e. The van der Waals surface area contributed by atoms with E-state index >= 15 is 0 Å². The van der Waals surface area contributed by atoms with Gasteiger partial charge in [-0.15, -0.1) is 11.6 Å². The maximum absolute atomic E-state index is 7.21. The van der Waals surface area contributed by atoms with Crippen LogP contribution in [0.2, 0.25) is 0 Å². The van der Waals surface area contributed by atoms with Gasteiger partial charge in [-0.25, -0.2) is 0 Å². The molecule has 1 saturated carbocycles. The van der Waals surface area contributed by atoms with Gasteiger partial charge in [0.05, 0.1) is 4.87 Å². The number of halogens is 1. The maximum atomic E-state index is 7.21. The van der Waals surface area contributed by atoms with Crippen LogP contribution in [0, 0.1) is 0 Å². The van der Waals surface area contributed by atoms with Crippen LogP contribution in [0.25, 0.3) is 11.1 Å². The molecule has 0 nitrogen and oxygen atoms in total. The molecule has 5 rings (SSSR count). The Kier molecular flexibility index (Phi) is 2.75. The number of hydrogen-bond acceptors (Lipinski definition) is 0. The molecular weight excluding hydrogens is 300 g/mol. The lowest BCUT2D eigenvalue weighted by molar-refractivity contribution is 0.823. The number of alkyl halides is 1. The van der Waals surface area contributed by atoms with E-state index in [4.69, 9.17) is 11.6 Å². The highest BCUT2D eigenvalue weighted by atomic mass is 35.5. The van der Waals surface area contributed by atoms with E-state index < -0.39 is 0 Å². The molecule has 0 saturated heterocycles. The zero-order valence-corrected chi connectivity index (χ0v) is 13.5. The number of hydrogen-bond donors (Lipinski definition) is 0. The molecular formula is C22H17Cl. The van der Waals surface area contributed by atoms with Crippen molar-refractivity contribution in [2.45, 2.75) is 23.1 Å². The zero-order valence-electron chi connectivity index (χ0n) is 12.7. The third kappa shape index (κ3) is 1.85. The van der Waals surface area contributed by atoms with Crippen molar-refractivity contribution in [3.8, 4) is 11.1 Å². The zero-order chi connectivity index (χ0) is 15.4. The van der Waals surface area contributed by atoms with E-state index in [2.05, 4.69) is 78.9 Å². The van der Waals surface area contributed by atoms with Crippen LogP contribution in [-0.4, -0.2) is 4.87 Å². The van der Waals surface area contributed by atoms with Gasteiger partial charge in [-0.1, -0.05) is 78.9 Å². The minimum Gasteiger partial charge on any atom is -0.118 e. The minimum atomic E-state index is -0.190. The summed E-state index contributed by atoms with van der Waals surface area (Å²) >= 11 is 7.21. The van der Waals surface area contributed by atoms with Gasteiger partial charge in [0, 0.05) is 11.8 Å². The van der Waals surface area contributed by atoms with Crippen molar-refractivity contribution in [1.82, 2.24) is 0 Å². The smallest absolute Gasteiger partial charge is 0.0636 e. The van der Waals surface area contributed by atoms with Crippen LogP contribution in [0.5, 0.6) is 0 Å². The molecule has 0 spiro atoms. The lowest BCUT2D eigenvalue weighted by Gasteiger charge is -2.18. The largest absolute Gasteiger partial charge is 0.118 e. The summed E-state index contributed by atoms with van der Waals surface area (Å²) in [6, 6.07) is 28.2. The lowest BCUT2D eigenvalue weighted by Crippen LogP contribution is -2.08. The Labute approximate surface area is 141 Å². The van der Waals surface area contributed by atoms with Crippen LogP contribution in [-0.2, 0) is 6.42 Å². The summed E-state index contributed by atoms with van der Waals surface area (Å²) in [5.74, 6) is 0.853. The molecule has 1 heteroatoms. The second-order valence-corrected chi connectivity index (χ2v) is 7.42. The predicted octanol–water partition coefficient (Wildman–Crippen LogP) is 5.77. The molecule has 0 amide bonds. The van der Waals surface area contributed by atoms with Crippen molar-refractivity contribution in [2.75, 3.05) is 0 Å². The van der Waals surface area contributed by atoms with Crippen LogP contribution in [0.4, 0.5) is 0 Å². The van der Waals surface area contributed by atoms with E-state index in [-0.39, 0.29) is 4.87 Å². The summed E-state index contributed by atoms with van der Waals surface area (Å²) in [5, 5.41) is 0. The topological polar surface area (TPSA) is 0 Å². The Morgan fingerprint density at radius 2 is 1.13 bits per heavy atom. The number of benzene rings is 3. The Morgan fingerprint density at radius 1 is 0.652 bits per heavy atom. The van der Waals surface area contributed by atoms with Gasteiger partial charge in [-0.2, -0.15) is 0 Å².